The fraction of sp³-hybridized carbons (Fsp3) is 0.222. The number of aliphatic carboxylic acids is 1. The van der Waals surface area contributed by atoms with Gasteiger partial charge in [-0.3, -0.25) is 4.79 Å². The third-order valence-electron chi connectivity index (χ3n) is 1.59. The number of nitrogens with one attached hydrogen (secondary N) is 1. The predicted molar refractivity (Wildman–Crippen MR) is 57.0 cm³/mol. The largest absolute Gasteiger partial charge is 0.478 e. The topological polar surface area (TPSA) is 83.0 Å². The van der Waals surface area contributed by atoms with Gasteiger partial charge < -0.3 is 10.1 Å². The van der Waals surface area contributed by atoms with E-state index in [4.69, 9.17) is 5.11 Å². The molecule has 1 heterocycles. The van der Waals surface area contributed by atoms with Crippen LogP contribution < -0.4 is 5.56 Å². The maximum Gasteiger partial charge on any atom is 0.330 e. The molecule has 0 radical (unpaired) electrons. The van der Waals surface area contributed by atoms with Gasteiger partial charge in [-0.25, -0.2) is 9.78 Å². The number of carboxylic acids is 1. The van der Waals surface area contributed by atoms with E-state index in [1.165, 1.54) is 30.9 Å². The molecule has 0 atom stereocenters. The molecule has 2 N–H and O–H groups in total. The van der Waals surface area contributed by atoms with E-state index < -0.39 is 5.97 Å². The van der Waals surface area contributed by atoms with Gasteiger partial charge in [0, 0.05) is 23.6 Å². The van der Waals surface area contributed by atoms with E-state index in [0.29, 0.717) is 10.9 Å². The van der Waals surface area contributed by atoms with Crippen LogP contribution in [0.5, 0.6) is 0 Å². The number of aromatic nitrogens is 2. The highest BCUT2D eigenvalue weighted by Gasteiger charge is 1.99. The third-order valence-corrected chi connectivity index (χ3v) is 2.41. The number of carboxylic acid groups (broad SMARTS) is 1. The molecular formula is C9H10N2O3S. The fourth-order valence-corrected chi connectivity index (χ4v) is 1.56. The van der Waals surface area contributed by atoms with Gasteiger partial charge in [0.05, 0.1) is 0 Å². The number of nitrogens with zero attached hydrogens (tertiary/aromatic N) is 1. The highest BCUT2D eigenvalue weighted by molar-refractivity contribution is 7.99. The lowest BCUT2D eigenvalue weighted by Gasteiger charge is -1.96. The molecule has 0 fully saturated rings. The highest BCUT2D eigenvalue weighted by atomic mass is 32.2. The molecule has 1 aromatic heterocycles. The highest BCUT2D eigenvalue weighted by Crippen LogP contribution is 2.10. The van der Waals surface area contributed by atoms with Gasteiger partial charge in [0.15, 0.2) is 5.16 Å². The average Bonchev–Trinajstić information content (AvgIpc) is 2.17. The average molecular weight is 226 g/mol. The summed E-state index contributed by atoms with van der Waals surface area (Å²) in [5.74, 6) is -0.476. The van der Waals surface area contributed by atoms with E-state index in [-0.39, 0.29) is 11.1 Å². The minimum atomic E-state index is -0.940. The zero-order valence-electron chi connectivity index (χ0n) is 8.06. The van der Waals surface area contributed by atoms with E-state index >= 15 is 0 Å². The van der Waals surface area contributed by atoms with E-state index in [2.05, 4.69) is 9.97 Å². The molecule has 0 unspecified atom stereocenters. The van der Waals surface area contributed by atoms with E-state index in [9.17, 15) is 9.59 Å². The number of thioether (sulfide) groups is 1. The van der Waals surface area contributed by atoms with Gasteiger partial charge in [-0.1, -0.05) is 17.8 Å². The van der Waals surface area contributed by atoms with Gasteiger partial charge >= 0.3 is 5.97 Å². The van der Waals surface area contributed by atoms with Crippen molar-refractivity contribution in [1.82, 2.24) is 9.97 Å². The SMILES string of the molecule is CC(=CCSc1nccc(=O)[nH]1)C(=O)O. The molecule has 0 spiro atoms. The molecule has 0 aromatic carbocycles. The summed E-state index contributed by atoms with van der Waals surface area (Å²) in [4.78, 5) is 27.8. The summed E-state index contributed by atoms with van der Waals surface area (Å²) in [6.07, 6.45) is 2.98. The zero-order valence-corrected chi connectivity index (χ0v) is 8.87. The van der Waals surface area contributed by atoms with Gasteiger partial charge in [0.2, 0.25) is 0 Å². The molecule has 0 amide bonds. The van der Waals surface area contributed by atoms with Gasteiger partial charge in [-0.05, 0) is 6.92 Å². The van der Waals surface area contributed by atoms with Crippen molar-refractivity contribution in [2.24, 2.45) is 0 Å². The van der Waals surface area contributed by atoms with Gasteiger partial charge in [0.25, 0.3) is 5.56 Å². The first-order chi connectivity index (χ1) is 7.09. The van der Waals surface area contributed by atoms with E-state index in [1.54, 1.807) is 6.08 Å². The van der Waals surface area contributed by atoms with Crippen LogP contribution in [0.25, 0.3) is 0 Å². The lowest BCUT2D eigenvalue weighted by molar-refractivity contribution is -0.132. The van der Waals surface area contributed by atoms with Crippen LogP contribution in [-0.2, 0) is 4.79 Å². The van der Waals surface area contributed by atoms with Crippen LogP contribution in [0.15, 0.2) is 33.9 Å². The summed E-state index contributed by atoms with van der Waals surface area (Å²) < 4.78 is 0. The second-order valence-electron chi connectivity index (χ2n) is 2.74. The maximum absolute atomic E-state index is 10.9. The van der Waals surface area contributed by atoms with Crippen molar-refractivity contribution in [3.8, 4) is 0 Å². The molecule has 1 rings (SSSR count). The molecule has 80 valence electrons. The molecule has 0 aliphatic rings. The summed E-state index contributed by atoms with van der Waals surface area (Å²) in [6, 6.07) is 1.32. The Balaban J connectivity index is 2.55. The Labute approximate surface area is 90.2 Å². The number of aromatic amines is 1. The van der Waals surface area contributed by atoms with Crippen LogP contribution in [-0.4, -0.2) is 26.8 Å². The molecular weight excluding hydrogens is 216 g/mol. The second kappa shape index (κ2) is 5.35. The first kappa shape index (κ1) is 11.5. The van der Waals surface area contributed by atoms with Crippen LogP contribution in [0.1, 0.15) is 6.92 Å². The van der Waals surface area contributed by atoms with Gasteiger partial charge in [-0.15, -0.1) is 0 Å². The van der Waals surface area contributed by atoms with E-state index in [0.717, 1.165) is 0 Å². The number of carbonyl (C=O) groups is 1. The lowest BCUT2D eigenvalue weighted by Crippen LogP contribution is -2.05. The predicted octanol–water partition coefficient (Wildman–Crippen LogP) is 0.893. The van der Waals surface area contributed by atoms with E-state index in [1.807, 2.05) is 0 Å². The Bertz CT molecular complexity index is 439. The number of rotatable bonds is 4. The molecule has 0 saturated heterocycles. The van der Waals surface area contributed by atoms with Crippen LogP contribution in [0.4, 0.5) is 0 Å². The monoisotopic (exact) mass is 226 g/mol. The summed E-state index contributed by atoms with van der Waals surface area (Å²) in [5, 5.41) is 9.06. The summed E-state index contributed by atoms with van der Waals surface area (Å²) in [7, 11) is 0. The van der Waals surface area contributed by atoms with Gasteiger partial charge in [-0.2, -0.15) is 0 Å². The maximum atomic E-state index is 10.9. The Morgan fingerprint density at radius 2 is 2.47 bits per heavy atom. The van der Waals surface area contributed by atoms with Crippen LogP contribution in [0.2, 0.25) is 0 Å². The van der Waals surface area contributed by atoms with Crippen molar-refractivity contribution in [3.63, 3.8) is 0 Å². The molecule has 5 nitrogen and oxygen atoms in total. The molecule has 0 saturated carbocycles. The Hall–Kier alpha value is -1.56. The van der Waals surface area contributed by atoms with Gasteiger partial charge in [0.1, 0.15) is 0 Å². The first-order valence-corrected chi connectivity index (χ1v) is 5.16. The Kier molecular flexibility index (Phi) is 4.11. The van der Waals surface area contributed by atoms with Crippen molar-refractivity contribution >= 4 is 17.7 Å². The smallest absolute Gasteiger partial charge is 0.330 e. The second-order valence-corrected chi connectivity index (χ2v) is 3.75. The van der Waals surface area contributed by atoms with Crippen molar-refractivity contribution < 1.29 is 9.90 Å². The van der Waals surface area contributed by atoms with Crippen LogP contribution >= 0.6 is 11.8 Å². The molecule has 0 aliphatic heterocycles. The normalized spacial score (nSPS) is 11.4. The quantitative estimate of drug-likeness (QED) is 0.452. The summed E-state index contributed by atoms with van der Waals surface area (Å²) in [6.45, 7) is 1.52. The minimum Gasteiger partial charge on any atom is -0.478 e. The minimum absolute atomic E-state index is 0.216. The standard InChI is InChI=1S/C9H10N2O3S/c1-6(8(13)14)3-5-15-9-10-4-2-7(12)11-9/h2-4H,5H2,1H3,(H,13,14)(H,10,11,12). The number of hydrogen-bond donors (Lipinski definition) is 2. The molecule has 1 aromatic rings. The lowest BCUT2D eigenvalue weighted by atomic mass is 10.3. The van der Waals surface area contributed by atoms with Crippen molar-refractivity contribution in [1.29, 1.82) is 0 Å². The molecule has 6 heteroatoms. The summed E-state index contributed by atoms with van der Waals surface area (Å²) in [5.41, 5.74) is 0.0622. The van der Waals surface area contributed by atoms with Crippen LogP contribution in [0.3, 0.4) is 0 Å². The third kappa shape index (κ3) is 3.99. The number of hydrogen-bond acceptors (Lipinski definition) is 4. The Morgan fingerprint density at radius 1 is 1.73 bits per heavy atom. The van der Waals surface area contributed by atoms with Crippen molar-refractivity contribution in [2.45, 2.75) is 12.1 Å². The fourth-order valence-electron chi connectivity index (χ4n) is 0.758. The Morgan fingerprint density at radius 3 is 3.07 bits per heavy atom. The number of H-pyrrole nitrogens is 1. The first-order valence-electron chi connectivity index (χ1n) is 4.18. The molecule has 0 aliphatic carbocycles. The van der Waals surface area contributed by atoms with Crippen molar-refractivity contribution in [2.75, 3.05) is 5.75 Å². The molecule has 0 bridgehead atoms. The van der Waals surface area contributed by atoms with Crippen molar-refractivity contribution in [3.05, 3.63) is 34.3 Å². The molecule has 15 heavy (non-hydrogen) atoms. The summed E-state index contributed by atoms with van der Waals surface area (Å²) >= 11 is 1.27. The van der Waals surface area contributed by atoms with Crippen LogP contribution in [0, 0.1) is 0 Å². The zero-order chi connectivity index (χ0) is 11.3.